The Morgan fingerprint density at radius 3 is 2.11 bits per heavy atom. The highest BCUT2D eigenvalue weighted by Gasteiger charge is 2.78. The molecule has 1 aliphatic heterocycles. The second kappa shape index (κ2) is 16.5. The lowest BCUT2D eigenvalue weighted by molar-refractivity contribution is -0.346. The molecule has 62 heavy (non-hydrogen) atoms. The van der Waals surface area contributed by atoms with Gasteiger partial charge in [-0.1, -0.05) is 68.4 Å². The predicted molar refractivity (Wildman–Crippen MR) is 215 cm³/mol. The minimum Gasteiger partial charge on any atom is -0.456 e. The molecule has 2 saturated carbocycles. The zero-order chi connectivity index (χ0) is 44.9. The van der Waals surface area contributed by atoms with E-state index in [9.17, 15) is 39.3 Å². The number of Topliss-reactive ketones (excluding diaryl/α,β-unsaturated/α-hetero) is 1. The first kappa shape index (κ1) is 44.3. The third-order valence-electron chi connectivity index (χ3n) is 13.3. The Labute approximate surface area is 357 Å². The quantitative estimate of drug-likeness (QED) is 0.130. The molecule has 2 heterocycles. The number of aliphatic hydroxyl groups is 3. The highest BCUT2D eigenvalue weighted by molar-refractivity contribution is 5.96. The first-order valence-electron chi connectivity index (χ1n) is 20.3. The number of esters is 4. The first-order chi connectivity index (χ1) is 29.3. The van der Waals surface area contributed by atoms with E-state index in [1.165, 1.54) is 38.2 Å². The van der Waals surface area contributed by atoms with Crippen LogP contribution in [-0.2, 0) is 42.9 Å². The van der Waals surface area contributed by atoms with E-state index in [0.717, 1.165) is 13.8 Å². The number of aliphatic hydroxyl groups excluding tert-OH is 2. The van der Waals surface area contributed by atoms with Gasteiger partial charge in [0.2, 0.25) is 0 Å². The summed E-state index contributed by atoms with van der Waals surface area (Å²) in [6.45, 7) is 7.94. The van der Waals surface area contributed by atoms with E-state index in [1.54, 1.807) is 74.5 Å². The molecule has 0 spiro atoms. The maximum Gasteiger partial charge on any atom is 0.338 e. The Hall–Kier alpha value is -5.81. The largest absolute Gasteiger partial charge is 0.456 e. The zero-order valence-electron chi connectivity index (χ0n) is 35.1. The van der Waals surface area contributed by atoms with Gasteiger partial charge in [0.15, 0.2) is 23.6 Å². The van der Waals surface area contributed by atoms with Crippen molar-refractivity contribution in [3.05, 3.63) is 113 Å². The van der Waals surface area contributed by atoms with Crippen molar-refractivity contribution in [1.29, 1.82) is 0 Å². The van der Waals surface area contributed by atoms with Crippen LogP contribution in [0.4, 0.5) is 0 Å². The second-order valence-corrected chi connectivity index (χ2v) is 17.2. The molecule has 328 valence electrons. The van der Waals surface area contributed by atoms with Gasteiger partial charge in [-0.05, 0) is 54.8 Å². The highest BCUT2D eigenvalue weighted by atomic mass is 16.6. The molecule has 0 radical (unpaired) electrons. The van der Waals surface area contributed by atoms with E-state index in [0.29, 0.717) is 5.56 Å². The van der Waals surface area contributed by atoms with Gasteiger partial charge in [-0.3, -0.25) is 24.2 Å². The van der Waals surface area contributed by atoms with Crippen LogP contribution in [0.3, 0.4) is 0 Å². The highest BCUT2D eigenvalue weighted by Crippen LogP contribution is 2.64. The molecule has 1 saturated heterocycles. The van der Waals surface area contributed by atoms with Crippen molar-refractivity contribution in [1.82, 2.24) is 10.3 Å². The molecule has 2 bridgehead atoms. The molecular formula is C46H50N2O14. The number of rotatable bonds is 10. The summed E-state index contributed by atoms with van der Waals surface area (Å²) < 4.78 is 30.2. The number of hydrogen-bond acceptors (Lipinski definition) is 15. The molecule has 0 unspecified atom stereocenters. The van der Waals surface area contributed by atoms with Crippen molar-refractivity contribution in [2.45, 2.75) is 108 Å². The number of aromatic nitrogens is 1. The summed E-state index contributed by atoms with van der Waals surface area (Å²) in [6, 6.07) is 19.3. The summed E-state index contributed by atoms with van der Waals surface area (Å²) in [7, 11) is 0. The Morgan fingerprint density at radius 1 is 0.887 bits per heavy atom. The molecular weight excluding hydrogens is 805 g/mol. The predicted octanol–water partition coefficient (Wildman–Crippen LogP) is 3.13. The number of amides is 1. The Morgan fingerprint density at radius 2 is 1.53 bits per heavy atom. The summed E-state index contributed by atoms with van der Waals surface area (Å²) in [6.07, 6.45) is -9.18. The third kappa shape index (κ3) is 7.27. The molecule has 7 rings (SSSR count). The fourth-order valence-corrected chi connectivity index (χ4v) is 10.1. The lowest BCUT2D eigenvalue weighted by Gasteiger charge is -2.67. The van der Waals surface area contributed by atoms with E-state index < -0.39 is 113 Å². The van der Waals surface area contributed by atoms with Crippen molar-refractivity contribution in [3.63, 3.8) is 0 Å². The summed E-state index contributed by atoms with van der Waals surface area (Å²) in [4.78, 5) is 87.4. The normalized spacial score (nSPS) is 31.9. The summed E-state index contributed by atoms with van der Waals surface area (Å²) >= 11 is 0. The number of fused-ring (bicyclic) bond motifs is 5. The Kier molecular flexibility index (Phi) is 11.8. The molecule has 1 aromatic heterocycles. The van der Waals surface area contributed by atoms with Crippen molar-refractivity contribution in [3.8, 4) is 0 Å². The van der Waals surface area contributed by atoms with Crippen molar-refractivity contribution in [2.75, 3.05) is 6.61 Å². The van der Waals surface area contributed by atoms with Crippen LogP contribution in [0.25, 0.3) is 0 Å². The number of ether oxygens (including phenoxy) is 5. The van der Waals surface area contributed by atoms with Crippen LogP contribution in [0.1, 0.15) is 86.8 Å². The third-order valence-corrected chi connectivity index (χ3v) is 13.3. The maximum absolute atomic E-state index is 15.5. The standard InChI is InChI=1S/C46H50N2O14/c1-24-30(60-42(56)35(52)34(27-15-9-7-10-16-27)48-40(54)29-19-13-14-20-47-29)22-46(57)39(61-41(55)28-17-11-8-12-18-28)37-44(6,31(51)21-32-45(37,23-58-32)62-26(3)50)38(53)36(59-25(2)49)33(24)43(46,4)5/h7-20,30-32,34-37,39,51-52,57H,21-23H2,1-6H3,(H,48,54)/t30-,31-,32+,34-,35+,36+,37-,39-,44+,45-,46+/m0/s1. The fourth-order valence-electron chi connectivity index (χ4n) is 10.1. The topological polar surface area (TPSA) is 234 Å². The van der Waals surface area contributed by atoms with Crippen LogP contribution in [-0.4, -0.2) is 110 Å². The molecule has 3 fully saturated rings. The lowest BCUT2D eigenvalue weighted by Crippen LogP contribution is -2.82. The minimum atomic E-state index is -2.40. The molecule has 4 aliphatic rings. The Balaban J connectivity index is 1.39. The molecule has 1 amide bonds. The van der Waals surface area contributed by atoms with Gasteiger partial charge >= 0.3 is 23.9 Å². The molecule has 11 atom stereocenters. The van der Waals surface area contributed by atoms with Gasteiger partial charge in [0.05, 0.1) is 35.6 Å². The van der Waals surface area contributed by atoms with E-state index in [4.69, 9.17) is 23.7 Å². The summed E-state index contributed by atoms with van der Waals surface area (Å²) in [5, 5.41) is 40.1. The van der Waals surface area contributed by atoms with Crippen molar-refractivity contribution in [2.24, 2.45) is 16.7 Å². The number of ketones is 1. The molecule has 2 aromatic carbocycles. The van der Waals surface area contributed by atoms with Gasteiger partial charge in [-0.15, -0.1) is 0 Å². The minimum absolute atomic E-state index is 0.00850. The van der Waals surface area contributed by atoms with Gasteiger partial charge in [0.1, 0.15) is 29.6 Å². The average molecular weight is 855 g/mol. The van der Waals surface area contributed by atoms with Crippen LogP contribution >= 0.6 is 0 Å². The lowest BCUT2D eigenvalue weighted by atomic mass is 9.44. The van der Waals surface area contributed by atoms with E-state index in [2.05, 4.69) is 10.3 Å². The fraction of sp³-hybridized carbons (Fsp3) is 0.457. The molecule has 16 nitrogen and oxygen atoms in total. The molecule has 3 aromatic rings. The van der Waals surface area contributed by atoms with Crippen molar-refractivity contribution < 1.29 is 67.8 Å². The van der Waals surface area contributed by atoms with Crippen LogP contribution < -0.4 is 5.32 Å². The van der Waals surface area contributed by atoms with E-state index in [1.807, 2.05) is 0 Å². The molecule has 4 N–H and O–H groups in total. The van der Waals surface area contributed by atoms with Crippen LogP contribution in [0.5, 0.6) is 0 Å². The van der Waals surface area contributed by atoms with Crippen LogP contribution in [0, 0.1) is 16.7 Å². The molecule has 16 heteroatoms. The van der Waals surface area contributed by atoms with E-state index >= 15 is 4.79 Å². The first-order valence-corrected chi connectivity index (χ1v) is 20.3. The van der Waals surface area contributed by atoms with Crippen LogP contribution in [0.2, 0.25) is 0 Å². The number of nitrogens with one attached hydrogen (secondary N) is 1. The number of pyridine rings is 1. The summed E-state index contributed by atoms with van der Waals surface area (Å²) in [5.41, 5.74) is -7.34. The van der Waals surface area contributed by atoms with Gasteiger partial charge in [-0.25, -0.2) is 9.59 Å². The number of benzene rings is 2. The maximum atomic E-state index is 15.5. The smallest absolute Gasteiger partial charge is 0.338 e. The van der Waals surface area contributed by atoms with E-state index in [-0.39, 0.29) is 35.4 Å². The number of nitrogens with zero attached hydrogens (tertiary/aromatic N) is 1. The number of hydrogen-bond donors (Lipinski definition) is 4. The average Bonchev–Trinajstić information content (AvgIpc) is 3.24. The van der Waals surface area contributed by atoms with Gasteiger partial charge in [0, 0.05) is 38.3 Å². The second-order valence-electron chi connectivity index (χ2n) is 17.2. The zero-order valence-corrected chi connectivity index (χ0v) is 35.1. The van der Waals surface area contributed by atoms with Crippen molar-refractivity contribution >= 4 is 35.6 Å². The van der Waals surface area contributed by atoms with Gasteiger partial charge < -0.3 is 44.3 Å². The van der Waals surface area contributed by atoms with Gasteiger partial charge in [-0.2, -0.15) is 0 Å². The summed E-state index contributed by atoms with van der Waals surface area (Å²) in [5.74, 6) is -7.00. The van der Waals surface area contributed by atoms with Gasteiger partial charge in [0.25, 0.3) is 5.91 Å². The monoisotopic (exact) mass is 854 g/mol. The molecule has 3 aliphatic carbocycles. The SMILES string of the molecule is CC(=O)O[C@H]1C(=O)[C@@]2(C)[C@H]([C@H](OC(=O)c3ccccc3)[C@]3(O)C[C@H](OC(=O)[C@H](O)[C@@H](NC(=O)c4ccccn4)c4ccccc4)C(C)=C1C3(C)C)[C@]1(OC(C)=O)CO[C@@H]1C[C@@H]2O. The number of carbonyl (C=O) groups is 6. The number of carbonyl (C=O) groups excluding carboxylic acids is 6. The Bertz CT molecular complexity index is 2290. The van der Waals surface area contributed by atoms with Crippen LogP contribution in [0.15, 0.2) is 96.2 Å².